The SMILES string of the molecule is COCC1CCCN1CC(=O)O. The van der Waals surface area contributed by atoms with Crippen molar-refractivity contribution in [2.24, 2.45) is 0 Å². The molecule has 0 radical (unpaired) electrons. The maximum Gasteiger partial charge on any atom is 0.317 e. The van der Waals surface area contributed by atoms with Gasteiger partial charge in [-0.05, 0) is 19.4 Å². The second kappa shape index (κ2) is 4.42. The molecule has 12 heavy (non-hydrogen) atoms. The maximum absolute atomic E-state index is 10.4. The number of carbonyl (C=O) groups is 1. The average molecular weight is 173 g/mol. The Kier molecular flexibility index (Phi) is 3.49. The van der Waals surface area contributed by atoms with E-state index in [-0.39, 0.29) is 6.54 Å². The Morgan fingerprint density at radius 2 is 2.50 bits per heavy atom. The van der Waals surface area contributed by atoms with E-state index in [2.05, 4.69) is 0 Å². The van der Waals surface area contributed by atoms with Gasteiger partial charge in [-0.1, -0.05) is 0 Å². The third kappa shape index (κ3) is 2.46. The lowest BCUT2D eigenvalue weighted by molar-refractivity contribution is -0.138. The predicted molar refractivity (Wildman–Crippen MR) is 44.1 cm³/mol. The average Bonchev–Trinajstić information content (AvgIpc) is 2.37. The zero-order chi connectivity index (χ0) is 8.97. The van der Waals surface area contributed by atoms with Gasteiger partial charge in [-0.3, -0.25) is 9.69 Å². The minimum absolute atomic E-state index is 0.147. The summed E-state index contributed by atoms with van der Waals surface area (Å²) in [5.41, 5.74) is 0. The van der Waals surface area contributed by atoms with E-state index in [0.29, 0.717) is 12.6 Å². The van der Waals surface area contributed by atoms with Gasteiger partial charge in [0.05, 0.1) is 13.2 Å². The third-order valence-electron chi connectivity index (χ3n) is 2.20. The van der Waals surface area contributed by atoms with Crippen LogP contribution in [0, 0.1) is 0 Å². The Balaban J connectivity index is 2.35. The molecule has 70 valence electrons. The Morgan fingerprint density at radius 1 is 1.75 bits per heavy atom. The molecule has 0 aromatic carbocycles. The summed E-state index contributed by atoms with van der Waals surface area (Å²) >= 11 is 0. The van der Waals surface area contributed by atoms with Crippen LogP contribution in [0.1, 0.15) is 12.8 Å². The Hall–Kier alpha value is -0.610. The first-order valence-electron chi connectivity index (χ1n) is 4.19. The fourth-order valence-electron chi connectivity index (χ4n) is 1.66. The molecule has 1 N–H and O–H groups in total. The molecular formula is C8H15NO3. The van der Waals surface area contributed by atoms with Gasteiger partial charge in [-0.15, -0.1) is 0 Å². The van der Waals surface area contributed by atoms with Crippen molar-refractivity contribution in [3.05, 3.63) is 0 Å². The highest BCUT2D eigenvalue weighted by Crippen LogP contribution is 2.16. The van der Waals surface area contributed by atoms with Crippen molar-refractivity contribution < 1.29 is 14.6 Å². The Bertz CT molecular complexity index is 160. The lowest BCUT2D eigenvalue weighted by atomic mass is 10.2. The Morgan fingerprint density at radius 3 is 3.08 bits per heavy atom. The van der Waals surface area contributed by atoms with Gasteiger partial charge in [0.1, 0.15) is 0 Å². The number of nitrogens with zero attached hydrogens (tertiary/aromatic N) is 1. The van der Waals surface area contributed by atoms with Crippen molar-refractivity contribution in [2.75, 3.05) is 26.8 Å². The van der Waals surface area contributed by atoms with Crippen LogP contribution in [0.15, 0.2) is 0 Å². The van der Waals surface area contributed by atoms with Gasteiger partial charge in [0.25, 0.3) is 0 Å². The largest absolute Gasteiger partial charge is 0.480 e. The normalized spacial score (nSPS) is 24.6. The molecule has 1 aliphatic heterocycles. The number of ether oxygens (including phenoxy) is 1. The number of hydrogen-bond acceptors (Lipinski definition) is 3. The van der Waals surface area contributed by atoms with E-state index >= 15 is 0 Å². The van der Waals surface area contributed by atoms with Gasteiger partial charge in [-0.25, -0.2) is 0 Å². The van der Waals surface area contributed by atoms with Crippen LogP contribution in [0.25, 0.3) is 0 Å². The highest BCUT2D eigenvalue weighted by atomic mass is 16.5. The number of methoxy groups -OCH3 is 1. The van der Waals surface area contributed by atoms with Crippen LogP contribution in [-0.4, -0.2) is 48.8 Å². The number of aliphatic carboxylic acids is 1. The number of likely N-dealkylation sites (tertiary alicyclic amines) is 1. The third-order valence-corrected chi connectivity index (χ3v) is 2.20. The summed E-state index contributed by atoms with van der Waals surface area (Å²) in [6, 6.07) is 0.311. The van der Waals surface area contributed by atoms with Crippen molar-refractivity contribution in [3.63, 3.8) is 0 Å². The lowest BCUT2D eigenvalue weighted by Gasteiger charge is -2.21. The molecule has 1 unspecified atom stereocenters. The number of carboxylic acids is 1. The number of carboxylic acid groups (broad SMARTS) is 1. The zero-order valence-corrected chi connectivity index (χ0v) is 7.32. The molecule has 1 saturated heterocycles. The first-order valence-corrected chi connectivity index (χ1v) is 4.19. The van der Waals surface area contributed by atoms with Crippen molar-refractivity contribution in [3.8, 4) is 0 Å². The van der Waals surface area contributed by atoms with Crippen LogP contribution in [0.3, 0.4) is 0 Å². The van der Waals surface area contributed by atoms with Gasteiger partial charge in [0.2, 0.25) is 0 Å². The molecule has 4 nitrogen and oxygen atoms in total. The summed E-state index contributed by atoms with van der Waals surface area (Å²) < 4.78 is 5.00. The van der Waals surface area contributed by atoms with Gasteiger partial charge in [0.15, 0.2) is 0 Å². The van der Waals surface area contributed by atoms with E-state index in [1.165, 1.54) is 0 Å². The summed E-state index contributed by atoms with van der Waals surface area (Å²) in [6.07, 6.45) is 2.14. The molecule has 1 rings (SSSR count). The van der Waals surface area contributed by atoms with Gasteiger partial charge < -0.3 is 9.84 Å². The summed E-state index contributed by atoms with van der Waals surface area (Å²) in [6.45, 7) is 1.68. The van der Waals surface area contributed by atoms with Gasteiger partial charge in [-0.2, -0.15) is 0 Å². The molecule has 1 fully saturated rings. The standard InChI is InChI=1S/C8H15NO3/c1-12-6-7-3-2-4-9(7)5-8(10)11/h7H,2-6H2,1H3,(H,10,11). The highest BCUT2D eigenvalue weighted by molar-refractivity contribution is 5.69. The molecule has 0 aliphatic carbocycles. The molecule has 0 spiro atoms. The fourth-order valence-corrected chi connectivity index (χ4v) is 1.66. The van der Waals surface area contributed by atoms with E-state index in [4.69, 9.17) is 9.84 Å². The van der Waals surface area contributed by atoms with Crippen molar-refractivity contribution in [2.45, 2.75) is 18.9 Å². The van der Waals surface area contributed by atoms with Crippen molar-refractivity contribution in [1.29, 1.82) is 0 Å². The molecule has 1 heterocycles. The van der Waals surface area contributed by atoms with E-state index in [1.54, 1.807) is 7.11 Å². The van der Waals surface area contributed by atoms with Crippen LogP contribution in [0.2, 0.25) is 0 Å². The summed E-state index contributed by atoms with van der Waals surface area (Å²) in [4.78, 5) is 12.4. The molecule has 4 heteroatoms. The molecule has 0 saturated carbocycles. The molecule has 0 aromatic heterocycles. The quantitative estimate of drug-likeness (QED) is 0.659. The van der Waals surface area contributed by atoms with E-state index < -0.39 is 5.97 Å². The minimum atomic E-state index is -0.752. The first-order chi connectivity index (χ1) is 5.74. The minimum Gasteiger partial charge on any atom is -0.480 e. The highest BCUT2D eigenvalue weighted by Gasteiger charge is 2.25. The van der Waals surface area contributed by atoms with Crippen molar-refractivity contribution >= 4 is 5.97 Å². The van der Waals surface area contributed by atoms with E-state index in [1.807, 2.05) is 4.90 Å². The molecule has 1 aliphatic rings. The molecule has 0 aromatic rings. The van der Waals surface area contributed by atoms with Crippen LogP contribution in [-0.2, 0) is 9.53 Å². The van der Waals surface area contributed by atoms with Crippen LogP contribution >= 0.6 is 0 Å². The second-order valence-electron chi connectivity index (χ2n) is 3.12. The lowest BCUT2D eigenvalue weighted by Crippen LogP contribution is -2.36. The smallest absolute Gasteiger partial charge is 0.317 e. The fraction of sp³-hybridized carbons (Fsp3) is 0.875. The monoisotopic (exact) mass is 173 g/mol. The summed E-state index contributed by atoms with van der Waals surface area (Å²) in [5, 5.41) is 8.58. The van der Waals surface area contributed by atoms with Gasteiger partial charge in [0, 0.05) is 13.2 Å². The Labute approximate surface area is 72.1 Å². The topological polar surface area (TPSA) is 49.8 Å². The molecule has 0 amide bonds. The van der Waals surface area contributed by atoms with Crippen molar-refractivity contribution in [1.82, 2.24) is 4.90 Å². The van der Waals surface area contributed by atoms with E-state index in [9.17, 15) is 4.79 Å². The number of rotatable bonds is 4. The second-order valence-corrected chi connectivity index (χ2v) is 3.12. The summed E-state index contributed by atoms with van der Waals surface area (Å²) in [7, 11) is 1.65. The maximum atomic E-state index is 10.4. The summed E-state index contributed by atoms with van der Waals surface area (Å²) in [5.74, 6) is -0.752. The molecule has 1 atom stereocenters. The van der Waals surface area contributed by atoms with E-state index in [0.717, 1.165) is 19.4 Å². The zero-order valence-electron chi connectivity index (χ0n) is 7.32. The number of hydrogen-bond donors (Lipinski definition) is 1. The molecular weight excluding hydrogens is 158 g/mol. The first kappa shape index (κ1) is 9.48. The predicted octanol–water partition coefficient (Wildman–Crippen LogP) is 0.182. The van der Waals surface area contributed by atoms with Crippen LogP contribution in [0.4, 0.5) is 0 Å². The van der Waals surface area contributed by atoms with Crippen LogP contribution in [0.5, 0.6) is 0 Å². The van der Waals surface area contributed by atoms with Gasteiger partial charge >= 0.3 is 5.97 Å². The van der Waals surface area contributed by atoms with Crippen LogP contribution < -0.4 is 0 Å². The molecule has 0 bridgehead atoms.